The van der Waals surface area contributed by atoms with Gasteiger partial charge in [-0.25, -0.2) is 9.00 Å². The normalized spacial score (nSPS) is 20.3. The minimum atomic E-state index is -1.19. The topological polar surface area (TPSA) is 85.0 Å². The second-order valence-electron chi connectivity index (χ2n) is 5.55. The summed E-state index contributed by atoms with van der Waals surface area (Å²) in [4.78, 5) is 17.5. The van der Waals surface area contributed by atoms with E-state index in [9.17, 15) is 9.00 Å². The number of carbonyl (C=O) groups excluding carboxylic acids is 1. The maximum Gasteiger partial charge on any atom is 0.345 e. The van der Waals surface area contributed by atoms with Crippen molar-refractivity contribution in [3.8, 4) is 0 Å². The zero-order chi connectivity index (χ0) is 15.8. The van der Waals surface area contributed by atoms with Gasteiger partial charge >= 0.3 is 6.03 Å². The van der Waals surface area contributed by atoms with Gasteiger partial charge in [0.25, 0.3) is 0 Å². The Balaban J connectivity index is 2.34. The lowest BCUT2D eigenvalue weighted by Crippen LogP contribution is -2.39. The van der Waals surface area contributed by atoms with Crippen molar-refractivity contribution in [3.63, 3.8) is 0 Å². The number of piperidine rings is 1. The number of amidine groups is 1. The average Bonchev–Trinajstić information content (AvgIpc) is 2.46. The first kappa shape index (κ1) is 18.1. The summed E-state index contributed by atoms with van der Waals surface area (Å²) in [5.41, 5.74) is 5.60. The molecule has 122 valence electrons. The van der Waals surface area contributed by atoms with Gasteiger partial charge in [0, 0.05) is 25.8 Å². The smallest absolute Gasteiger partial charge is 0.345 e. The van der Waals surface area contributed by atoms with Crippen LogP contribution in [0, 0.1) is 11.8 Å². The van der Waals surface area contributed by atoms with Crippen LogP contribution in [0.5, 0.6) is 0 Å². The molecule has 2 N–H and O–H groups in total. The van der Waals surface area contributed by atoms with E-state index >= 15 is 0 Å². The highest BCUT2D eigenvalue weighted by atomic mass is 32.2. The molecule has 1 heterocycles. The van der Waals surface area contributed by atoms with Crippen LogP contribution in [0.3, 0.4) is 0 Å². The first-order valence-corrected chi connectivity index (χ1v) is 9.01. The van der Waals surface area contributed by atoms with E-state index in [1.807, 2.05) is 6.92 Å². The summed E-state index contributed by atoms with van der Waals surface area (Å²) >= 11 is -1.19. The van der Waals surface area contributed by atoms with Gasteiger partial charge < -0.3 is 10.6 Å². The van der Waals surface area contributed by atoms with Gasteiger partial charge in [0.2, 0.25) is 0 Å². The monoisotopic (exact) mass is 317 g/mol. The van der Waals surface area contributed by atoms with E-state index < -0.39 is 11.1 Å². The summed E-state index contributed by atoms with van der Waals surface area (Å²) in [6, 6.07) is -0.217. The van der Waals surface area contributed by atoms with Crippen LogP contribution in [0.4, 0.5) is 4.79 Å². The summed E-state index contributed by atoms with van der Waals surface area (Å²) in [6.07, 6.45) is 4.99. The van der Waals surface area contributed by atoms with Gasteiger partial charge in [-0.15, -0.1) is 0 Å². The molecule has 0 radical (unpaired) electrons. The van der Waals surface area contributed by atoms with E-state index in [1.165, 1.54) is 6.26 Å². The highest BCUT2D eigenvalue weighted by Gasteiger charge is 2.26. The Bertz CT molecular complexity index is 393. The van der Waals surface area contributed by atoms with E-state index in [0.717, 1.165) is 32.4 Å². The lowest BCUT2D eigenvalue weighted by molar-refractivity contribution is 0.151. The van der Waals surface area contributed by atoms with Crippen LogP contribution in [0.1, 0.15) is 39.5 Å². The standard InChI is InChI=1S/C14H27N3O3S/c1-4-13(15)16-14(18)17-8-5-12(6-9-17)11(2)7-10-20-21(3)19/h11-12H,4-10H2,1-3H3,(H2,15,16,18)/t11-,21?/m1/s1. The Morgan fingerprint density at radius 1 is 1.48 bits per heavy atom. The number of aliphatic imine (C=N–C) groups is 1. The van der Waals surface area contributed by atoms with Crippen molar-refractivity contribution < 1.29 is 13.2 Å². The van der Waals surface area contributed by atoms with Gasteiger partial charge in [0.05, 0.1) is 6.61 Å². The van der Waals surface area contributed by atoms with Crippen molar-refractivity contribution in [3.05, 3.63) is 0 Å². The van der Waals surface area contributed by atoms with Gasteiger partial charge in [0.1, 0.15) is 5.84 Å². The molecule has 7 heteroatoms. The van der Waals surface area contributed by atoms with Gasteiger partial charge in [-0.1, -0.05) is 13.8 Å². The van der Waals surface area contributed by atoms with Gasteiger partial charge in [0.15, 0.2) is 11.1 Å². The molecular formula is C14H27N3O3S. The molecule has 2 atom stereocenters. The van der Waals surface area contributed by atoms with Crippen LogP contribution in [-0.2, 0) is 15.3 Å². The number of hydrogen-bond acceptors (Lipinski definition) is 3. The molecule has 1 unspecified atom stereocenters. The summed E-state index contributed by atoms with van der Waals surface area (Å²) in [7, 11) is 0. The molecule has 6 nitrogen and oxygen atoms in total. The lowest BCUT2D eigenvalue weighted by atomic mass is 9.84. The number of carbonyl (C=O) groups is 1. The number of rotatable bonds is 6. The predicted octanol–water partition coefficient (Wildman–Crippen LogP) is 1.92. The van der Waals surface area contributed by atoms with Crippen LogP contribution in [0.25, 0.3) is 0 Å². The molecule has 0 aromatic carbocycles. The lowest BCUT2D eigenvalue weighted by Gasteiger charge is -2.34. The number of nitrogens with two attached hydrogens (primary N) is 1. The fourth-order valence-corrected chi connectivity index (χ4v) is 2.85. The van der Waals surface area contributed by atoms with Crippen molar-refractivity contribution >= 4 is 22.9 Å². The second-order valence-corrected chi connectivity index (χ2v) is 6.59. The molecule has 2 amide bonds. The third kappa shape index (κ3) is 6.56. The number of hydrogen-bond donors (Lipinski definition) is 1. The molecule has 1 aliphatic heterocycles. The molecule has 0 aliphatic carbocycles. The SMILES string of the molecule is CC/C(N)=N/C(=O)N1CCC([C@H](C)CCOS(C)=O)CC1. The van der Waals surface area contributed by atoms with Crippen molar-refractivity contribution in [2.24, 2.45) is 22.6 Å². The van der Waals surface area contributed by atoms with Gasteiger partial charge in [-0.2, -0.15) is 4.99 Å². The average molecular weight is 317 g/mol. The molecule has 0 aromatic rings. The summed E-state index contributed by atoms with van der Waals surface area (Å²) in [6.45, 7) is 6.06. The zero-order valence-electron chi connectivity index (χ0n) is 13.2. The fourth-order valence-electron chi connectivity index (χ4n) is 2.52. The van der Waals surface area contributed by atoms with Crippen molar-refractivity contribution in [2.45, 2.75) is 39.5 Å². The van der Waals surface area contributed by atoms with E-state index in [0.29, 0.717) is 30.7 Å². The number of likely N-dealkylation sites (tertiary alicyclic amines) is 1. The first-order valence-electron chi connectivity index (χ1n) is 7.52. The quantitative estimate of drug-likeness (QED) is 0.599. The van der Waals surface area contributed by atoms with Crippen LogP contribution in [0.15, 0.2) is 4.99 Å². The van der Waals surface area contributed by atoms with Gasteiger partial charge in [-0.05, 0) is 31.1 Å². The number of nitrogens with zero attached hydrogens (tertiary/aromatic N) is 2. The molecule has 1 saturated heterocycles. The third-order valence-corrected chi connectivity index (χ3v) is 4.54. The van der Waals surface area contributed by atoms with Gasteiger partial charge in [-0.3, -0.25) is 4.18 Å². The van der Waals surface area contributed by atoms with Crippen molar-refractivity contribution in [1.29, 1.82) is 0 Å². The van der Waals surface area contributed by atoms with Crippen molar-refractivity contribution in [1.82, 2.24) is 4.90 Å². The highest BCUT2D eigenvalue weighted by Crippen LogP contribution is 2.27. The second kappa shape index (κ2) is 9.15. The van der Waals surface area contributed by atoms with Crippen LogP contribution >= 0.6 is 0 Å². The molecular weight excluding hydrogens is 290 g/mol. The van der Waals surface area contributed by atoms with E-state index in [4.69, 9.17) is 9.92 Å². The Morgan fingerprint density at radius 2 is 2.10 bits per heavy atom. The van der Waals surface area contributed by atoms with Crippen LogP contribution in [-0.4, -0.2) is 46.9 Å². The van der Waals surface area contributed by atoms with E-state index in [1.54, 1.807) is 4.90 Å². The summed E-state index contributed by atoms with van der Waals surface area (Å²) in [5, 5.41) is 0. The fraction of sp³-hybridized carbons (Fsp3) is 0.857. The first-order chi connectivity index (χ1) is 9.93. The summed E-state index contributed by atoms with van der Waals surface area (Å²) in [5.74, 6) is 1.48. The van der Waals surface area contributed by atoms with Crippen LogP contribution in [0.2, 0.25) is 0 Å². The molecule has 0 saturated carbocycles. The largest absolute Gasteiger partial charge is 0.387 e. The predicted molar refractivity (Wildman–Crippen MR) is 85.4 cm³/mol. The maximum absolute atomic E-state index is 11.9. The maximum atomic E-state index is 11.9. The minimum Gasteiger partial charge on any atom is -0.387 e. The Morgan fingerprint density at radius 3 is 2.62 bits per heavy atom. The van der Waals surface area contributed by atoms with Crippen molar-refractivity contribution in [2.75, 3.05) is 26.0 Å². The molecule has 1 rings (SSSR count). The molecule has 0 spiro atoms. The number of amides is 2. The summed E-state index contributed by atoms with van der Waals surface area (Å²) < 4.78 is 15.9. The van der Waals surface area contributed by atoms with E-state index in [-0.39, 0.29) is 6.03 Å². The van der Waals surface area contributed by atoms with Crippen LogP contribution < -0.4 is 5.73 Å². The molecule has 1 fully saturated rings. The Hall–Kier alpha value is -0.950. The third-order valence-electron chi connectivity index (χ3n) is 4.04. The Labute approximate surface area is 129 Å². The minimum absolute atomic E-state index is 0.217. The molecule has 1 aliphatic rings. The molecule has 21 heavy (non-hydrogen) atoms. The highest BCUT2D eigenvalue weighted by molar-refractivity contribution is 7.79. The number of urea groups is 1. The zero-order valence-corrected chi connectivity index (χ0v) is 14.0. The Kier molecular flexibility index (Phi) is 7.88. The van der Waals surface area contributed by atoms with E-state index in [2.05, 4.69) is 11.9 Å². The molecule has 0 bridgehead atoms. The molecule has 0 aromatic heterocycles.